The molecule has 0 aliphatic heterocycles. The van der Waals surface area contributed by atoms with Crippen LogP contribution in [0, 0.1) is 0 Å². The van der Waals surface area contributed by atoms with E-state index in [9.17, 15) is 0 Å². The third kappa shape index (κ3) is 1.08. The minimum Gasteiger partial charge on any atom is -0.135 e. The van der Waals surface area contributed by atoms with E-state index in [1.807, 2.05) is 30.3 Å². The number of benzene rings is 1. The van der Waals surface area contributed by atoms with Gasteiger partial charge in [0, 0.05) is 5.56 Å². The van der Waals surface area contributed by atoms with Crippen molar-refractivity contribution < 1.29 is 0 Å². The number of hydrogen-bond acceptors (Lipinski definition) is 5. The van der Waals surface area contributed by atoms with Crippen LogP contribution in [0.4, 0.5) is 0 Å². The Morgan fingerprint density at radius 3 is 2.79 bits per heavy atom. The van der Waals surface area contributed by atoms with Crippen LogP contribution in [0.5, 0.6) is 0 Å². The van der Waals surface area contributed by atoms with Gasteiger partial charge in [0.25, 0.3) is 4.96 Å². The van der Waals surface area contributed by atoms with Gasteiger partial charge in [-0.1, -0.05) is 51.4 Å². The Hall–Kier alpha value is -1.82. The monoisotopic (exact) mass is 203 g/mol. The first-order chi connectivity index (χ1) is 6.93. The smallest absolute Gasteiger partial charge is 0.135 e. The molecule has 0 aliphatic rings. The van der Waals surface area contributed by atoms with Crippen LogP contribution in [0.3, 0.4) is 0 Å². The molecule has 68 valence electrons. The maximum absolute atomic E-state index is 4.24. The van der Waals surface area contributed by atoms with Crippen LogP contribution < -0.4 is 0 Å². The van der Waals surface area contributed by atoms with Crippen molar-refractivity contribution in [3.05, 3.63) is 30.3 Å². The van der Waals surface area contributed by atoms with E-state index in [1.165, 1.54) is 16.0 Å². The van der Waals surface area contributed by atoms with Crippen molar-refractivity contribution >= 4 is 16.3 Å². The summed E-state index contributed by atoms with van der Waals surface area (Å²) in [5.41, 5.74) is 1.07. The number of aromatic nitrogens is 5. The highest BCUT2D eigenvalue weighted by Crippen LogP contribution is 2.23. The van der Waals surface area contributed by atoms with Gasteiger partial charge in [-0.05, 0) is 10.4 Å². The lowest BCUT2D eigenvalue weighted by molar-refractivity contribution is 0.745. The van der Waals surface area contributed by atoms with Crippen LogP contribution in [-0.2, 0) is 0 Å². The van der Waals surface area contributed by atoms with E-state index in [2.05, 4.69) is 20.6 Å². The van der Waals surface area contributed by atoms with Gasteiger partial charge in [-0.3, -0.25) is 0 Å². The molecule has 0 spiro atoms. The van der Waals surface area contributed by atoms with E-state index in [4.69, 9.17) is 0 Å². The Morgan fingerprint density at radius 1 is 1.14 bits per heavy atom. The number of hydrogen-bond donors (Lipinski definition) is 0. The van der Waals surface area contributed by atoms with Crippen molar-refractivity contribution in [3.8, 4) is 10.6 Å². The van der Waals surface area contributed by atoms with Crippen LogP contribution in [-0.4, -0.2) is 25.3 Å². The fraction of sp³-hybridized carbons (Fsp3) is 0. The molecule has 14 heavy (non-hydrogen) atoms. The molecule has 0 unspecified atom stereocenters. The molecule has 3 rings (SSSR count). The Morgan fingerprint density at radius 2 is 2.00 bits per heavy atom. The van der Waals surface area contributed by atoms with Gasteiger partial charge in [-0.15, -0.1) is 5.10 Å². The quantitative estimate of drug-likeness (QED) is 0.597. The average molecular weight is 203 g/mol. The summed E-state index contributed by atoms with van der Waals surface area (Å²) >= 11 is 1.47. The third-order valence-electron chi connectivity index (χ3n) is 1.82. The normalized spacial score (nSPS) is 10.9. The molecule has 6 heteroatoms. The molecule has 5 nitrogen and oxygen atoms in total. The van der Waals surface area contributed by atoms with Gasteiger partial charge in [-0.25, -0.2) is 0 Å². The molecule has 0 N–H and O–H groups in total. The summed E-state index contributed by atoms with van der Waals surface area (Å²) in [6.45, 7) is 0. The predicted molar refractivity (Wildman–Crippen MR) is 51.9 cm³/mol. The molecule has 0 saturated heterocycles. The molecule has 0 radical (unpaired) electrons. The summed E-state index contributed by atoms with van der Waals surface area (Å²) in [7, 11) is 0. The van der Waals surface area contributed by atoms with Gasteiger partial charge in [0.05, 0.1) is 0 Å². The summed E-state index contributed by atoms with van der Waals surface area (Å²) in [4.78, 5) is 0.712. The lowest BCUT2D eigenvalue weighted by Gasteiger charge is -1.91. The van der Waals surface area contributed by atoms with Crippen molar-refractivity contribution in [3.63, 3.8) is 0 Å². The number of tetrazole rings is 1. The van der Waals surface area contributed by atoms with E-state index in [1.54, 1.807) is 0 Å². The van der Waals surface area contributed by atoms with Gasteiger partial charge in [0.2, 0.25) is 0 Å². The highest BCUT2D eigenvalue weighted by Gasteiger charge is 2.07. The molecule has 0 aliphatic carbocycles. The highest BCUT2D eigenvalue weighted by molar-refractivity contribution is 7.19. The van der Waals surface area contributed by atoms with E-state index in [-0.39, 0.29) is 0 Å². The average Bonchev–Trinajstić information content (AvgIpc) is 2.78. The summed E-state index contributed by atoms with van der Waals surface area (Å²) in [5, 5.41) is 16.2. The molecule has 0 bridgehead atoms. The fourth-order valence-corrected chi connectivity index (χ4v) is 1.97. The zero-order valence-corrected chi connectivity index (χ0v) is 7.85. The van der Waals surface area contributed by atoms with Crippen LogP contribution in [0.25, 0.3) is 15.5 Å². The second-order valence-electron chi connectivity index (χ2n) is 2.72. The van der Waals surface area contributed by atoms with Crippen LogP contribution in [0.15, 0.2) is 30.3 Å². The van der Waals surface area contributed by atoms with Gasteiger partial charge in [-0.2, -0.15) is 0 Å². The molecular formula is C8H5N5S. The van der Waals surface area contributed by atoms with Crippen molar-refractivity contribution in [2.75, 3.05) is 0 Å². The Labute approximate surface area is 83.0 Å². The minimum atomic E-state index is 0.712. The van der Waals surface area contributed by atoms with Gasteiger partial charge in [0.15, 0.2) is 0 Å². The Balaban J connectivity index is 2.19. The molecule has 0 saturated carbocycles. The first kappa shape index (κ1) is 7.57. The van der Waals surface area contributed by atoms with Gasteiger partial charge in [0.1, 0.15) is 5.01 Å². The summed E-state index contributed by atoms with van der Waals surface area (Å²) in [5.74, 6) is 0. The SMILES string of the molecule is c1ccc(-c2nn3nnnc3s2)cc1. The molecule has 0 atom stereocenters. The fourth-order valence-electron chi connectivity index (χ4n) is 1.19. The predicted octanol–water partition coefficient (Wildman–Crippen LogP) is 1.25. The van der Waals surface area contributed by atoms with Crippen molar-refractivity contribution in [2.45, 2.75) is 0 Å². The second kappa shape index (κ2) is 2.85. The second-order valence-corrected chi connectivity index (χ2v) is 3.68. The van der Waals surface area contributed by atoms with Crippen LogP contribution in [0.1, 0.15) is 0 Å². The van der Waals surface area contributed by atoms with Crippen molar-refractivity contribution in [1.29, 1.82) is 0 Å². The minimum absolute atomic E-state index is 0.712. The van der Waals surface area contributed by atoms with Crippen LogP contribution >= 0.6 is 11.3 Å². The molecule has 2 aromatic heterocycles. The lowest BCUT2D eigenvalue weighted by atomic mass is 10.2. The van der Waals surface area contributed by atoms with Crippen molar-refractivity contribution in [2.24, 2.45) is 0 Å². The van der Waals surface area contributed by atoms with Crippen molar-refractivity contribution in [1.82, 2.24) is 25.3 Å². The number of fused-ring (bicyclic) bond motifs is 1. The first-order valence-corrected chi connectivity index (χ1v) is 4.86. The molecule has 0 amide bonds. The van der Waals surface area contributed by atoms with Gasteiger partial charge >= 0.3 is 0 Å². The molecule has 1 aromatic carbocycles. The van der Waals surface area contributed by atoms with E-state index in [0.717, 1.165) is 10.6 Å². The summed E-state index contributed by atoms with van der Waals surface area (Å²) < 4.78 is 1.44. The summed E-state index contributed by atoms with van der Waals surface area (Å²) in [6, 6.07) is 9.94. The van der Waals surface area contributed by atoms with E-state index >= 15 is 0 Å². The lowest BCUT2D eigenvalue weighted by Crippen LogP contribution is -1.87. The zero-order chi connectivity index (χ0) is 9.38. The summed E-state index contributed by atoms with van der Waals surface area (Å²) in [6.07, 6.45) is 0. The van der Waals surface area contributed by atoms with E-state index < -0.39 is 0 Å². The third-order valence-corrected chi connectivity index (χ3v) is 2.76. The highest BCUT2D eigenvalue weighted by atomic mass is 32.1. The zero-order valence-electron chi connectivity index (χ0n) is 7.03. The number of rotatable bonds is 1. The van der Waals surface area contributed by atoms with Gasteiger partial charge < -0.3 is 0 Å². The molecular weight excluding hydrogens is 198 g/mol. The molecule has 0 fully saturated rings. The topological polar surface area (TPSA) is 56.0 Å². The maximum atomic E-state index is 4.24. The molecule has 3 aromatic rings. The Bertz CT molecular complexity index is 527. The molecule has 2 heterocycles. The number of nitrogens with zero attached hydrogens (tertiary/aromatic N) is 5. The van der Waals surface area contributed by atoms with Crippen LogP contribution in [0.2, 0.25) is 0 Å². The standard InChI is InChI=1S/C8H5N5S/c1-2-4-6(5-3-1)7-10-13-8(14-7)9-11-12-13/h1-5H. The van der Waals surface area contributed by atoms with E-state index in [0.29, 0.717) is 4.96 Å². The first-order valence-electron chi connectivity index (χ1n) is 4.04. The Kier molecular flexibility index (Phi) is 1.54. The largest absolute Gasteiger partial charge is 0.255 e. The maximum Gasteiger partial charge on any atom is 0.255 e.